The molecule has 1 aromatic carbocycles. The molecule has 0 unspecified atom stereocenters. The first-order chi connectivity index (χ1) is 9.74. The fourth-order valence-electron chi connectivity index (χ4n) is 3.23. The van der Waals surface area contributed by atoms with Gasteiger partial charge in [0, 0.05) is 18.2 Å². The summed E-state index contributed by atoms with van der Waals surface area (Å²) in [5.74, 6) is 2.18. The van der Waals surface area contributed by atoms with Crippen LogP contribution in [0.5, 0.6) is 0 Å². The number of aromatic nitrogens is 3. The number of hydrogen-bond donors (Lipinski definition) is 1. The van der Waals surface area contributed by atoms with Gasteiger partial charge in [0.1, 0.15) is 11.6 Å². The van der Waals surface area contributed by atoms with Gasteiger partial charge in [-0.3, -0.25) is 0 Å². The van der Waals surface area contributed by atoms with Crippen LogP contribution in [0.25, 0.3) is 0 Å². The van der Waals surface area contributed by atoms with Crippen molar-refractivity contribution < 1.29 is 0 Å². The van der Waals surface area contributed by atoms with Gasteiger partial charge in [-0.2, -0.15) is 0 Å². The third-order valence-electron chi connectivity index (χ3n) is 4.22. The monoisotopic (exact) mass is 270 g/mol. The molecule has 1 aliphatic carbocycles. The number of anilines is 1. The van der Waals surface area contributed by atoms with Crippen molar-refractivity contribution in [3.05, 3.63) is 41.5 Å². The third-order valence-corrected chi connectivity index (χ3v) is 4.22. The Morgan fingerprint density at radius 1 is 1.20 bits per heavy atom. The Morgan fingerprint density at radius 3 is 2.75 bits per heavy atom. The molecule has 0 saturated heterocycles. The van der Waals surface area contributed by atoms with Crippen molar-refractivity contribution in [2.24, 2.45) is 0 Å². The van der Waals surface area contributed by atoms with Gasteiger partial charge in [-0.25, -0.2) is 0 Å². The van der Waals surface area contributed by atoms with Crippen LogP contribution in [0.1, 0.15) is 48.9 Å². The van der Waals surface area contributed by atoms with Crippen LogP contribution in [0.4, 0.5) is 5.69 Å². The van der Waals surface area contributed by atoms with Crippen LogP contribution in [0.3, 0.4) is 0 Å². The van der Waals surface area contributed by atoms with Crippen LogP contribution in [0, 0.1) is 6.92 Å². The zero-order valence-corrected chi connectivity index (χ0v) is 12.0. The molecule has 1 heterocycles. The summed E-state index contributed by atoms with van der Waals surface area (Å²) in [5, 5.41) is 8.66. The van der Waals surface area contributed by atoms with Crippen LogP contribution >= 0.6 is 0 Å². The van der Waals surface area contributed by atoms with Gasteiger partial charge in [-0.05, 0) is 43.9 Å². The van der Waals surface area contributed by atoms with Crippen LogP contribution in [0.2, 0.25) is 0 Å². The van der Waals surface area contributed by atoms with E-state index in [2.05, 4.69) is 27.8 Å². The Kier molecular flexibility index (Phi) is 3.72. The van der Waals surface area contributed by atoms with E-state index in [-0.39, 0.29) is 0 Å². The molecular formula is C16H22N4. The standard InChI is InChI=1S/C16H22N4/c1-12-18-19-16(20(12)15-7-2-3-8-15)10-9-13-5-4-6-14(17)11-13/h4-6,11,15H,2-3,7-10,17H2,1H3. The topological polar surface area (TPSA) is 56.7 Å². The van der Waals surface area contributed by atoms with E-state index in [0.29, 0.717) is 6.04 Å². The summed E-state index contributed by atoms with van der Waals surface area (Å²) in [6, 6.07) is 8.72. The third kappa shape index (κ3) is 2.69. The fraction of sp³-hybridized carbons (Fsp3) is 0.500. The minimum absolute atomic E-state index is 0.612. The van der Waals surface area contributed by atoms with Crippen molar-refractivity contribution in [1.29, 1.82) is 0 Å². The summed E-state index contributed by atoms with van der Waals surface area (Å²) in [4.78, 5) is 0. The Morgan fingerprint density at radius 2 is 2.00 bits per heavy atom. The lowest BCUT2D eigenvalue weighted by molar-refractivity contribution is 0.485. The van der Waals surface area contributed by atoms with E-state index in [1.165, 1.54) is 31.2 Å². The number of rotatable bonds is 4. The van der Waals surface area contributed by atoms with E-state index in [0.717, 1.165) is 30.2 Å². The molecule has 0 spiro atoms. The van der Waals surface area contributed by atoms with Gasteiger partial charge in [0.25, 0.3) is 0 Å². The molecule has 1 fully saturated rings. The maximum absolute atomic E-state index is 5.83. The highest BCUT2D eigenvalue weighted by Gasteiger charge is 2.21. The number of aryl methyl sites for hydroxylation is 3. The molecule has 20 heavy (non-hydrogen) atoms. The molecule has 1 saturated carbocycles. The summed E-state index contributed by atoms with van der Waals surface area (Å²) in [6.07, 6.45) is 7.10. The van der Waals surface area contributed by atoms with E-state index in [1.807, 2.05) is 18.2 Å². The van der Waals surface area contributed by atoms with Crippen LogP contribution < -0.4 is 5.73 Å². The SMILES string of the molecule is Cc1nnc(CCc2cccc(N)c2)n1C1CCCC1. The average Bonchev–Trinajstić information content (AvgIpc) is 3.05. The molecule has 3 rings (SSSR count). The van der Waals surface area contributed by atoms with Crippen molar-refractivity contribution in [3.8, 4) is 0 Å². The van der Waals surface area contributed by atoms with E-state index in [9.17, 15) is 0 Å². The summed E-state index contributed by atoms with van der Waals surface area (Å²) < 4.78 is 2.36. The smallest absolute Gasteiger partial charge is 0.133 e. The minimum atomic E-state index is 0.612. The van der Waals surface area contributed by atoms with Gasteiger partial charge in [0.15, 0.2) is 0 Å². The molecule has 0 bridgehead atoms. The molecule has 4 heteroatoms. The summed E-state index contributed by atoms with van der Waals surface area (Å²) in [5.41, 5.74) is 7.92. The van der Waals surface area contributed by atoms with Gasteiger partial charge in [0.05, 0.1) is 0 Å². The molecule has 106 valence electrons. The molecule has 0 atom stereocenters. The lowest BCUT2D eigenvalue weighted by Crippen LogP contribution is -2.12. The second kappa shape index (κ2) is 5.65. The molecule has 1 aliphatic rings. The van der Waals surface area contributed by atoms with Gasteiger partial charge in [0.2, 0.25) is 0 Å². The largest absolute Gasteiger partial charge is 0.399 e. The predicted molar refractivity (Wildman–Crippen MR) is 80.5 cm³/mol. The second-order valence-electron chi connectivity index (χ2n) is 5.72. The maximum atomic E-state index is 5.83. The zero-order chi connectivity index (χ0) is 13.9. The second-order valence-corrected chi connectivity index (χ2v) is 5.72. The van der Waals surface area contributed by atoms with Crippen molar-refractivity contribution in [2.45, 2.75) is 51.5 Å². The molecule has 0 radical (unpaired) electrons. The first-order valence-electron chi connectivity index (χ1n) is 7.49. The average molecular weight is 270 g/mol. The van der Waals surface area contributed by atoms with Crippen LogP contribution in [-0.4, -0.2) is 14.8 Å². The van der Waals surface area contributed by atoms with E-state index in [4.69, 9.17) is 5.73 Å². The lowest BCUT2D eigenvalue weighted by Gasteiger charge is -2.15. The number of nitrogens with zero attached hydrogens (tertiary/aromatic N) is 3. The van der Waals surface area contributed by atoms with Gasteiger partial charge in [-0.15, -0.1) is 10.2 Å². The van der Waals surface area contributed by atoms with Gasteiger partial charge in [-0.1, -0.05) is 25.0 Å². The fourth-order valence-corrected chi connectivity index (χ4v) is 3.23. The maximum Gasteiger partial charge on any atom is 0.133 e. The van der Waals surface area contributed by atoms with Crippen molar-refractivity contribution >= 4 is 5.69 Å². The summed E-state index contributed by atoms with van der Waals surface area (Å²) in [6.45, 7) is 2.06. The molecule has 0 aliphatic heterocycles. The highest BCUT2D eigenvalue weighted by atomic mass is 15.3. The molecule has 2 aromatic rings. The normalized spacial score (nSPS) is 15.8. The van der Waals surface area contributed by atoms with E-state index >= 15 is 0 Å². The van der Waals surface area contributed by atoms with Crippen molar-refractivity contribution in [2.75, 3.05) is 5.73 Å². The Labute approximate surface area is 120 Å². The first-order valence-corrected chi connectivity index (χ1v) is 7.49. The zero-order valence-electron chi connectivity index (χ0n) is 12.0. The highest BCUT2D eigenvalue weighted by molar-refractivity contribution is 5.40. The number of nitrogens with two attached hydrogens (primary N) is 1. The molecule has 4 nitrogen and oxygen atoms in total. The Bertz CT molecular complexity index is 582. The molecule has 2 N–H and O–H groups in total. The van der Waals surface area contributed by atoms with Crippen molar-refractivity contribution in [1.82, 2.24) is 14.8 Å². The molecule has 1 aromatic heterocycles. The minimum Gasteiger partial charge on any atom is -0.399 e. The van der Waals surface area contributed by atoms with E-state index < -0.39 is 0 Å². The highest BCUT2D eigenvalue weighted by Crippen LogP contribution is 2.31. The number of benzene rings is 1. The van der Waals surface area contributed by atoms with Crippen LogP contribution in [-0.2, 0) is 12.8 Å². The summed E-state index contributed by atoms with van der Waals surface area (Å²) >= 11 is 0. The van der Waals surface area contributed by atoms with Crippen molar-refractivity contribution in [3.63, 3.8) is 0 Å². The molecular weight excluding hydrogens is 248 g/mol. The van der Waals surface area contributed by atoms with E-state index in [1.54, 1.807) is 0 Å². The van der Waals surface area contributed by atoms with Crippen LogP contribution in [0.15, 0.2) is 24.3 Å². The molecule has 0 amide bonds. The Hall–Kier alpha value is -1.84. The Balaban J connectivity index is 1.74. The van der Waals surface area contributed by atoms with Gasteiger partial charge >= 0.3 is 0 Å². The first kappa shape index (κ1) is 13.2. The van der Waals surface area contributed by atoms with Gasteiger partial charge < -0.3 is 10.3 Å². The quantitative estimate of drug-likeness (QED) is 0.869. The number of nitrogen functional groups attached to an aromatic ring is 1. The number of hydrogen-bond acceptors (Lipinski definition) is 3. The lowest BCUT2D eigenvalue weighted by atomic mass is 10.1. The summed E-state index contributed by atoms with van der Waals surface area (Å²) in [7, 11) is 0. The predicted octanol–water partition coefficient (Wildman–Crippen LogP) is 3.07.